The second-order valence-electron chi connectivity index (χ2n) is 2.98. The van der Waals surface area contributed by atoms with Crippen LogP contribution in [0.15, 0.2) is 30.5 Å². The maximum atomic E-state index is 13.3. The summed E-state index contributed by atoms with van der Waals surface area (Å²) >= 11 is 0. The highest BCUT2D eigenvalue weighted by Crippen LogP contribution is 2.16. The highest BCUT2D eigenvalue weighted by Gasteiger charge is 2.11. The summed E-state index contributed by atoms with van der Waals surface area (Å²) in [4.78, 5) is 0. The molecule has 15 heavy (non-hydrogen) atoms. The Morgan fingerprint density at radius 1 is 1.20 bits per heavy atom. The monoisotopic (exact) mass is 210 g/mol. The standard InChI is InChI=1S/C10H8F2N2O/c11-8-2-1-3-9(12)10(8)14-5-4-7(6-15)13-14/h1-5,15H,6H2. The SMILES string of the molecule is OCc1ccn(-c2c(F)cccc2F)n1. The van der Waals surface area contributed by atoms with E-state index in [0.29, 0.717) is 5.69 Å². The Hall–Kier alpha value is -1.75. The van der Waals surface area contributed by atoms with Crippen LogP contribution >= 0.6 is 0 Å². The minimum absolute atomic E-state index is 0.239. The fourth-order valence-electron chi connectivity index (χ4n) is 1.28. The quantitative estimate of drug-likeness (QED) is 0.818. The van der Waals surface area contributed by atoms with Crippen molar-refractivity contribution in [3.8, 4) is 5.69 Å². The van der Waals surface area contributed by atoms with Crippen molar-refractivity contribution in [2.75, 3.05) is 0 Å². The molecule has 5 heteroatoms. The molecule has 0 amide bonds. The zero-order valence-corrected chi connectivity index (χ0v) is 7.69. The summed E-state index contributed by atoms with van der Waals surface area (Å²) in [6.07, 6.45) is 1.40. The Kier molecular flexibility index (Phi) is 2.47. The third-order valence-corrected chi connectivity index (χ3v) is 1.97. The van der Waals surface area contributed by atoms with Crippen LogP contribution in [-0.4, -0.2) is 14.9 Å². The van der Waals surface area contributed by atoms with Gasteiger partial charge in [-0.05, 0) is 18.2 Å². The molecule has 0 spiro atoms. The van der Waals surface area contributed by atoms with Crippen LogP contribution in [-0.2, 0) is 6.61 Å². The molecule has 0 aliphatic rings. The first-order valence-corrected chi connectivity index (χ1v) is 4.32. The molecule has 0 saturated carbocycles. The Morgan fingerprint density at radius 3 is 2.40 bits per heavy atom. The van der Waals surface area contributed by atoms with E-state index in [9.17, 15) is 8.78 Å². The predicted molar refractivity (Wildman–Crippen MR) is 49.4 cm³/mol. The molecule has 1 aromatic heterocycles. The van der Waals surface area contributed by atoms with Gasteiger partial charge in [0.25, 0.3) is 0 Å². The minimum Gasteiger partial charge on any atom is -0.390 e. The van der Waals surface area contributed by atoms with Crippen LogP contribution in [0.3, 0.4) is 0 Å². The summed E-state index contributed by atoms with van der Waals surface area (Å²) in [7, 11) is 0. The highest BCUT2D eigenvalue weighted by molar-refractivity contribution is 5.34. The van der Waals surface area contributed by atoms with Crippen LogP contribution < -0.4 is 0 Å². The average Bonchev–Trinajstić information content (AvgIpc) is 2.66. The van der Waals surface area contributed by atoms with Gasteiger partial charge in [0.15, 0.2) is 11.6 Å². The van der Waals surface area contributed by atoms with Gasteiger partial charge in [-0.1, -0.05) is 6.07 Å². The molecule has 2 aromatic rings. The fourth-order valence-corrected chi connectivity index (χ4v) is 1.28. The molecule has 0 radical (unpaired) electrons. The number of nitrogens with zero attached hydrogens (tertiary/aromatic N) is 2. The molecule has 0 bridgehead atoms. The van der Waals surface area contributed by atoms with Crippen molar-refractivity contribution in [3.05, 3.63) is 47.8 Å². The maximum Gasteiger partial charge on any atom is 0.151 e. The number of aromatic nitrogens is 2. The first-order chi connectivity index (χ1) is 7.22. The molecule has 0 unspecified atom stereocenters. The zero-order valence-electron chi connectivity index (χ0n) is 7.69. The summed E-state index contributed by atoms with van der Waals surface area (Å²) in [5, 5.41) is 12.6. The van der Waals surface area contributed by atoms with E-state index in [4.69, 9.17) is 5.11 Å². The molecule has 0 fully saturated rings. The van der Waals surface area contributed by atoms with E-state index in [1.807, 2.05) is 0 Å². The lowest BCUT2D eigenvalue weighted by atomic mass is 10.3. The predicted octanol–water partition coefficient (Wildman–Crippen LogP) is 1.64. The van der Waals surface area contributed by atoms with Crippen molar-refractivity contribution in [1.29, 1.82) is 0 Å². The summed E-state index contributed by atoms with van der Waals surface area (Å²) in [5.41, 5.74) is 0.120. The van der Waals surface area contributed by atoms with Crippen LogP contribution in [0.25, 0.3) is 5.69 Å². The Balaban J connectivity index is 2.53. The van der Waals surface area contributed by atoms with Crippen molar-refractivity contribution in [1.82, 2.24) is 9.78 Å². The lowest BCUT2D eigenvalue weighted by molar-refractivity contribution is 0.276. The van der Waals surface area contributed by atoms with E-state index in [1.165, 1.54) is 18.3 Å². The molecule has 1 N–H and O–H groups in total. The van der Waals surface area contributed by atoms with Crippen LogP contribution in [0.4, 0.5) is 8.78 Å². The normalized spacial score (nSPS) is 10.6. The lowest BCUT2D eigenvalue weighted by Gasteiger charge is -2.03. The van der Waals surface area contributed by atoms with Gasteiger partial charge in [0, 0.05) is 6.20 Å². The van der Waals surface area contributed by atoms with Gasteiger partial charge in [-0.25, -0.2) is 13.5 Å². The molecule has 3 nitrogen and oxygen atoms in total. The van der Waals surface area contributed by atoms with Gasteiger partial charge < -0.3 is 5.11 Å². The van der Waals surface area contributed by atoms with Crippen molar-refractivity contribution in [2.24, 2.45) is 0 Å². The smallest absolute Gasteiger partial charge is 0.151 e. The molecular formula is C10H8F2N2O. The van der Waals surface area contributed by atoms with E-state index >= 15 is 0 Å². The molecule has 1 aromatic carbocycles. The first kappa shape index (κ1) is 9.79. The summed E-state index contributed by atoms with van der Waals surface area (Å²) in [6.45, 7) is -0.261. The number of para-hydroxylation sites is 1. The number of aliphatic hydroxyl groups is 1. The van der Waals surface area contributed by atoms with Gasteiger partial charge >= 0.3 is 0 Å². The number of aliphatic hydroxyl groups excluding tert-OH is 1. The minimum atomic E-state index is -0.692. The van der Waals surface area contributed by atoms with Crippen LogP contribution in [0.2, 0.25) is 0 Å². The lowest BCUT2D eigenvalue weighted by Crippen LogP contribution is -2.02. The molecule has 0 atom stereocenters. The number of hydrogen-bond donors (Lipinski definition) is 1. The van der Waals surface area contributed by atoms with Crippen LogP contribution in [0.1, 0.15) is 5.69 Å². The molecule has 1 heterocycles. The largest absolute Gasteiger partial charge is 0.390 e. The topological polar surface area (TPSA) is 38.0 Å². The Labute approximate surface area is 84.6 Å². The van der Waals surface area contributed by atoms with Gasteiger partial charge in [0.1, 0.15) is 5.69 Å². The number of hydrogen-bond acceptors (Lipinski definition) is 2. The van der Waals surface area contributed by atoms with Gasteiger partial charge in [0.2, 0.25) is 0 Å². The molecule has 78 valence electrons. The summed E-state index contributed by atoms with van der Waals surface area (Å²) < 4.78 is 27.6. The third kappa shape index (κ3) is 1.73. The molecule has 2 rings (SSSR count). The van der Waals surface area contributed by atoms with E-state index in [1.54, 1.807) is 0 Å². The highest BCUT2D eigenvalue weighted by atomic mass is 19.1. The van der Waals surface area contributed by atoms with Gasteiger partial charge in [0.05, 0.1) is 12.3 Å². The molecule has 0 aliphatic heterocycles. The number of benzene rings is 1. The fraction of sp³-hybridized carbons (Fsp3) is 0.100. The van der Waals surface area contributed by atoms with Gasteiger partial charge in [-0.2, -0.15) is 5.10 Å². The van der Waals surface area contributed by atoms with E-state index < -0.39 is 11.6 Å². The van der Waals surface area contributed by atoms with E-state index in [2.05, 4.69) is 5.10 Å². The number of rotatable bonds is 2. The van der Waals surface area contributed by atoms with Crippen molar-refractivity contribution < 1.29 is 13.9 Å². The van der Waals surface area contributed by atoms with Crippen LogP contribution in [0.5, 0.6) is 0 Å². The average molecular weight is 210 g/mol. The van der Waals surface area contributed by atoms with Crippen molar-refractivity contribution >= 4 is 0 Å². The second kappa shape index (κ2) is 3.78. The van der Waals surface area contributed by atoms with E-state index in [0.717, 1.165) is 16.8 Å². The second-order valence-corrected chi connectivity index (χ2v) is 2.98. The van der Waals surface area contributed by atoms with Gasteiger partial charge in [-0.15, -0.1) is 0 Å². The first-order valence-electron chi connectivity index (χ1n) is 4.32. The molecule has 0 saturated heterocycles. The van der Waals surface area contributed by atoms with Gasteiger partial charge in [-0.3, -0.25) is 0 Å². The van der Waals surface area contributed by atoms with Crippen molar-refractivity contribution in [3.63, 3.8) is 0 Å². The van der Waals surface area contributed by atoms with Crippen molar-refractivity contribution in [2.45, 2.75) is 6.61 Å². The Morgan fingerprint density at radius 2 is 1.87 bits per heavy atom. The summed E-state index contributed by atoms with van der Waals surface area (Å²) in [5.74, 6) is -1.38. The molecule has 0 aliphatic carbocycles. The maximum absolute atomic E-state index is 13.3. The van der Waals surface area contributed by atoms with Crippen LogP contribution in [0, 0.1) is 11.6 Å². The Bertz CT molecular complexity index is 462. The number of halogens is 2. The summed E-state index contributed by atoms with van der Waals surface area (Å²) in [6, 6.07) is 5.08. The zero-order chi connectivity index (χ0) is 10.8. The van der Waals surface area contributed by atoms with E-state index in [-0.39, 0.29) is 12.3 Å². The third-order valence-electron chi connectivity index (χ3n) is 1.97. The molecular weight excluding hydrogens is 202 g/mol.